The van der Waals surface area contributed by atoms with E-state index in [0.717, 1.165) is 25.7 Å². The Hall–Kier alpha value is -2.65. The number of hydrogen-bond acceptors (Lipinski definition) is 6. The Kier molecular flexibility index (Phi) is 7.51. The summed E-state index contributed by atoms with van der Waals surface area (Å²) < 4.78 is 28.3. The van der Waals surface area contributed by atoms with Gasteiger partial charge in [-0.3, -0.25) is 0 Å². The zero-order chi connectivity index (χ0) is 22.4. The van der Waals surface area contributed by atoms with Gasteiger partial charge in [-0.1, -0.05) is 54.0 Å². The third-order valence-corrected chi connectivity index (χ3v) is 7.32. The second-order valence-corrected chi connectivity index (χ2v) is 9.30. The van der Waals surface area contributed by atoms with Gasteiger partial charge in [0.05, 0.1) is 11.4 Å². The maximum atomic E-state index is 13.4. The van der Waals surface area contributed by atoms with Gasteiger partial charge in [0.15, 0.2) is 7.85 Å². The predicted molar refractivity (Wildman–Crippen MR) is 125 cm³/mol. The quantitative estimate of drug-likeness (QED) is 0.418. The van der Waals surface area contributed by atoms with Crippen molar-refractivity contribution in [2.24, 2.45) is 10.3 Å². The van der Waals surface area contributed by atoms with Gasteiger partial charge in [0.25, 0.3) is 0 Å². The fourth-order valence-electron chi connectivity index (χ4n) is 3.94. The van der Waals surface area contributed by atoms with Gasteiger partial charge in [-0.25, -0.2) is 8.42 Å². The van der Waals surface area contributed by atoms with E-state index in [1.165, 1.54) is 0 Å². The highest BCUT2D eigenvalue weighted by atomic mass is 32.2. The molecule has 1 fully saturated rings. The molecule has 0 aromatic heterocycles. The number of benzene rings is 1. The van der Waals surface area contributed by atoms with Crippen molar-refractivity contribution in [3.05, 3.63) is 65.3 Å². The van der Waals surface area contributed by atoms with Crippen molar-refractivity contribution in [1.82, 2.24) is 4.31 Å². The number of nitrogens with zero attached hydrogens (tertiary/aromatic N) is 3. The molecule has 1 aromatic carbocycles. The van der Waals surface area contributed by atoms with Gasteiger partial charge in [0, 0.05) is 35.4 Å². The maximum Gasteiger partial charge on any atom is 0.243 e. The van der Waals surface area contributed by atoms with Gasteiger partial charge in [0.2, 0.25) is 10.0 Å². The highest BCUT2D eigenvalue weighted by Gasteiger charge is 2.31. The number of hydrogen-bond donors (Lipinski definition) is 1. The standard InChI is InChI=1S/C22H28BN3O4S/c1-3-9-18-17(4-2)21(24-27)19-11-10-16(14-20(19)22(18)25-30-15-23)31(28,29)26-12-7-5-6-8-13-26/h3-4,9-11,14,27H,2,5-8,12-13,15,23H2,1H3/b9-3-,24-21-,25-22+. The Morgan fingerprint density at radius 2 is 1.87 bits per heavy atom. The van der Waals surface area contributed by atoms with E-state index in [-0.39, 0.29) is 4.90 Å². The minimum atomic E-state index is -3.65. The van der Waals surface area contributed by atoms with Gasteiger partial charge >= 0.3 is 0 Å². The number of rotatable bonds is 6. The summed E-state index contributed by atoms with van der Waals surface area (Å²) in [5.41, 5.74) is 3.14. The monoisotopic (exact) mass is 441 g/mol. The average molecular weight is 441 g/mol. The van der Waals surface area contributed by atoms with E-state index < -0.39 is 10.0 Å². The van der Waals surface area contributed by atoms with Crippen LogP contribution in [0.25, 0.3) is 0 Å². The first kappa shape index (κ1) is 23.0. The van der Waals surface area contributed by atoms with E-state index in [1.807, 2.05) is 26.9 Å². The molecule has 1 aliphatic carbocycles. The molecule has 7 nitrogen and oxygen atoms in total. The predicted octanol–water partition coefficient (Wildman–Crippen LogP) is 2.81. The molecule has 1 saturated heterocycles. The molecule has 164 valence electrons. The number of allylic oxidation sites excluding steroid dienone is 5. The van der Waals surface area contributed by atoms with Crippen molar-refractivity contribution in [2.75, 3.05) is 19.6 Å². The highest BCUT2D eigenvalue weighted by Crippen LogP contribution is 2.32. The molecule has 0 atom stereocenters. The fourth-order valence-corrected chi connectivity index (χ4v) is 5.48. The van der Waals surface area contributed by atoms with Crippen molar-refractivity contribution in [3.63, 3.8) is 0 Å². The Bertz CT molecular complexity index is 1070. The molecule has 1 aromatic rings. The average Bonchev–Trinajstić information content (AvgIpc) is 3.07. The highest BCUT2D eigenvalue weighted by molar-refractivity contribution is 7.89. The first-order chi connectivity index (χ1) is 15.0. The number of fused-ring (bicyclic) bond motifs is 1. The van der Waals surface area contributed by atoms with Crippen LogP contribution in [0.1, 0.15) is 43.7 Å². The molecule has 3 rings (SSSR count). The molecule has 0 radical (unpaired) electrons. The van der Waals surface area contributed by atoms with Gasteiger partial charge in [-0.2, -0.15) is 4.31 Å². The summed E-state index contributed by atoms with van der Waals surface area (Å²) in [6.45, 7) is 7.11. The molecule has 0 bridgehead atoms. The Morgan fingerprint density at radius 1 is 1.16 bits per heavy atom. The lowest BCUT2D eigenvalue weighted by molar-refractivity contribution is 0.192. The van der Waals surface area contributed by atoms with E-state index in [4.69, 9.17) is 4.84 Å². The molecule has 1 heterocycles. The smallest absolute Gasteiger partial charge is 0.243 e. The normalized spacial score (nSPS) is 20.8. The van der Waals surface area contributed by atoms with Crippen LogP contribution in [0.2, 0.25) is 0 Å². The van der Waals surface area contributed by atoms with Crippen LogP contribution in [0.3, 0.4) is 0 Å². The molecule has 0 spiro atoms. The van der Waals surface area contributed by atoms with E-state index in [9.17, 15) is 13.6 Å². The van der Waals surface area contributed by atoms with Gasteiger partial charge in [-0.15, -0.1) is 0 Å². The summed E-state index contributed by atoms with van der Waals surface area (Å²) >= 11 is 0. The third-order valence-electron chi connectivity index (χ3n) is 5.43. The Balaban J connectivity index is 2.20. The second-order valence-electron chi connectivity index (χ2n) is 7.36. The zero-order valence-corrected chi connectivity index (χ0v) is 18.9. The summed E-state index contributed by atoms with van der Waals surface area (Å²) in [6, 6.07) is 4.82. The van der Waals surface area contributed by atoms with Crippen LogP contribution in [0.15, 0.2) is 69.4 Å². The van der Waals surface area contributed by atoms with Crippen LogP contribution >= 0.6 is 0 Å². The van der Waals surface area contributed by atoms with Gasteiger partial charge < -0.3 is 10.0 Å². The second kappa shape index (κ2) is 10.1. The van der Waals surface area contributed by atoms with Crippen molar-refractivity contribution in [2.45, 2.75) is 37.5 Å². The summed E-state index contributed by atoms with van der Waals surface area (Å²) in [6.07, 6.45) is 9.05. The molecule has 2 aliphatic rings. The van der Waals surface area contributed by atoms with Crippen LogP contribution in [-0.4, -0.2) is 56.8 Å². The first-order valence-electron chi connectivity index (χ1n) is 10.6. The van der Waals surface area contributed by atoms with Crippen LogP contribution in [0, 0.1) is 0 Å². The van der Waals surface area contributed by atoms with Gasteiger partial charge in [-0.05, 0) is 31.9 Å². The van der Waals surface area contributed by atoms with E-state index in [1.54, 1.807) is 28.6 Å². The number of oxime groups is 2. The first-order valence-corrected chi connectivity index (χ1v) is 12.0. The molecule has 0 unspecified atom stereocenters. The summed E-state index contributed by atoms with van der Waals surface area (Å²) in [7, 11) is -1.83. The SMILES string of the molecule is BCO/N=C1C(/C=C\C)=C(C=C)/C(=N/O)c2ccc(S(=O)(=O)N3CCCCCC3)cc2\1. The molecule has 9 heteroatoms. The lowest BCUT2D eigenvalue weighted by Gasteiger charge is -2.24. The van der Waals surface area contributed by atoms with Crippen molar-refractivity contribution in [1.29, 1.82) is 0 Å². The fraction of sp³-hybridized carbons (Fsp3) is 0.364. The van der Waals surface area contributed by atoms with Crippen molar-refractivity contribution in [3.8, 4) is 0 Å². The van der Waals surface area contributed by atoms with Gasteiger partial charge in [0.1, 0.15) is 11.4 Å². The summed E-state index contributed by atoms with van der Waals surface area (Å²) in [5.74, 6) is 0. The van der Waals surface area contributed by atoms with E-state index >= 15 is 0 Å². The lowest BCUT2D eigenvalue weighted by atomic mass is 9.82. The summed E-state index contributed by atoms with van der Waals surface area (Å²) in [4.78, 5) is 5.54. The van der Waals surface area contributed by atoms with Crippen molar-refractivity contribution >= 4 is 29.3 Å². The number of sulfonamides is 1. The van der Waals surface area contributed by atoms with E-state index in [0.29, 0.717) is 53.3 Å². The van der Waals surface area contributed by atoms with Crippen molar-refractivity contribution < 1.29 is 18.5 Å². The Morgan fingerprint density at radius 3 is 2.45 bits per heavy atom. The molecule has 0 saturated carbocycles. The minimum Gasteiger partial charge on any atom is -0.410 e. The van der Waals surface area contributed by atoms with Crippen LogP contribution in [0.5, 0.6) is 0 Å². The van der Waals surface area contributed by atoms with Crippen LogP contribution in [0.4, 0.5) is 0 Å². The van der Waals surface area contributed by atoms with E-state index in [2.05, 4.69) is 16.9 Å². The zero-order valence-electron chi connectivity index (χ0n) is 18.0. The summed E-state index contributed by atoms with van der Waals surface area (Å²) in [5, 5.41) is 17.5. The molecule has 0 amide bonds. The van der Waals surface area contributed by atoms with Crippen LogP contribution in [-0.2, 0) is 14.9 Å². The molecular weight excluding hydrogens is 413 g/mol. The largest absolute Gasteiger partial charge is 0.410 e. The molecule has 1 N–H and O–H groups in total. The third kappa shape index (κ3) is 4.52. The molecule has 1 aliphatic heterocycles. The topological polar surface area (TPSA) is 91.6 Å². The molecule has 31 heavy (non-hydrogen) atoms. The minimum absolute atomic E-state index is 0.191. The maximum absolute atomic E-state index is 13.4. The molecular formula is C22H28BN3O4S. The Labute approximate surface area is 184 Å². The lowest BCUT2D eigenvalue weighted by Crippen LogP contribution is -2.32. The van der Waals surface area contributed by atoms with Crippen LogP contribution < -0.4 is 0 Å².